The van der Waals surface area contributed by atoms with E-state index in [1.54, 1.807) is 11.8 Å². The van der Waals surface area contributed by atoms with Gasteiger partial charge in [-0.1, -0.05) is 42.1 Å². The van der Waals surface area contributed by atoms with Crippen molar-refractivity contribution in [1.29, 1.82) is 0 Å². The van der Waals surface area contributed by atoms with Crippen LogP contribution in [0.3, 0.4) is 0 Å². The summed E-state index contributed by atoms with van der Waals surface area (Å²) < 4.78 is 1.50. The highest BCUT2D eigenvalue weighted by molar-refractivity contribution is 7.99. The molecule has 2 heterocycles. The summed E-state index contributed by atoms with van der Waals surface area (Å²) in [6, 6.07) is 20.2. The Kier molecular flexibility index (Phi) is 3.93. The summed E-state index contributed by atoms with van der Waals surface area (Å²) in [4.78, 5) is 19.1. The van der Waals surface area contributed by atoms with Gasteiger partial charge >= 0.3 is 0 Å². The third-order valence-electron chi connectivity index (χ3n) is 4.05. The van der Waals surface area contributed by atoms with E-state index in [0.717, 1.165) is 22.5 Å². The first-order valence-electron chi connectivity index (χ1n) is 8.04. The zero-order valence-electron chi connectivity index (χ0n) is 14.0. The Labute approximate surface area is 149 Å². The number of hydrogen-bond donors (Lipinski definition) is 1. The Bertz CT molecular complexity index is 1100. The maximum Gasteiger partial charge on any atom is 0.272 e. The van der Waals surface area contributed by atoms with Crippen molar-refractivity contribution in [3.63, 3.8) is 0 Å². The molecule has 4 aromatic rings. The van der Waals surface area contributed by atoms with Gasteiger partial charge in [0.05, 0.1) is 0 Å². The molecule has 4 nitrogen and oxygen atoms in total. The first kappa shape index (κ1) is 15.7. The molecule has 0 saturated carbocycles. The molecule has 25 heavy (non-hydrogen) atoms. The lowest BCUT2D eigenvalue weighted by Gasteiger charge is -2.05. The Hall–Kier alpha value is -2.79. The minimum Gasteiger partial charge on any atom is -0.293 e. The molecule has 124 valence electrons. The van der Waals surface area contributed by atoms with Gasteiger partial charge in [0.1, 0.15) is 0 Å². The molecule has 2 aromatic carbocycles. The molecule has 2 aromatic heterocycles. The largest absolute Gasteiger partial charge is 0.293 e. The van der Waals surface area contributed by atoms with E-state index < -0.39 is 0 Å². The quantitative estimate of drug-likeness (QED) is 0.595. The first-order valence-corrected chi connectivity index (χ1v) is 8.86. The van der Waals surface area contributed by atoms with Crippen LogP contribution in [0, 0.1) is 13.8 Å². The molecule has 0 aliphatic carbocycles. The van der Waals surface area contributed by atoms with Gasteiger partial charge in [0.2, 0.25) is 0 Å². The van der Waals surface area contributed by atoms with Crippen molar-refractivity contribution < 1.29 is 0 Å². The Morgan fingerprint density at radius 1 is 0.960 bits per heavy atom. The molecule has 4 rings (SSSR count). The smallest absolute Gasteiger partial charge is 0.272 e. The van der Waals surface area contributed by atoms with Crippen LogP contribution in [0.5, 0.6) is 0 Å². The number of aromatic nitrogens is 3. The summed E-state index contributed by atoms with van der Waals surface area (Å²) in [6.45, 7) is 3.80. The summed E-state index contributed by atoms with van der Waals surface area (Å²) in [5, 5.41) is 3.11. The van der Waals surface area contributed by atoms with Crippen molar-refractivity contribution in [2.45, 2.75) is 23.6 Å². The average molecular weight is 347 g/mol. The third kappa shape index (κ3) is 2.98. The fourth-order valence-electron chi connectivity index (χ4n) is 2.92. The first-order chi connectivity index (χ1) is 12.1. The van der Waals surface area contributed by atoms with Crippen LogP contribution in [0.2, 0.25) is 0 Å². The highest BCUT2D eigenvalue weighted by Gasteiger charge is 2.13. The second kappa shape index (κ2) is 6.26. The van der Waals surface area contributed by atoms with Gasteiger partial charge in [-0.05, 0) is 43.7 Å². The summed E-state index contributed by atoms with van der Waals surface area (Å²) in [5.74, 6) is 0. The van der Waals surface area contributed by atoms with Gasteiger partial charge in [0.15, 0.2) is 5.65 Å². The number of nitrogens with zero attached hydrogens (tertiary/aromatic N) is 2. The van der Waals surface area contributed by atoms with Crippen LogP contribution in [0.1, 0.15) is 11.4 Å². The fraction of sp³-hybridized carbons (Fsp3) is 0.100. The van der Waals surface area contributed by atoms with Crippen LogP contribution in [0.4, 0.5) is 0 Å². The topological polar surface area (TPSA) is 50.2 Å². The number of H-pyrrole nitrogens is 1. The van der Waals surface area contributed by atoms with E-state index in [-0.39, 0.29) is 5.56 Å². The van der Waals surface area contributed by atoms with Crippen LogP contribution in [-0.4, -0.2) is 14.6 Å². The van der Waals surface area contributed by atoms with E-state index >= 15 is 0 Å². The van der Waals surface area contributed by atoms with E-state index in [4.69, 9.17) is 0 Å². The zero-order valence-corrected chi connectivity index (χ0v) is 14.8. The molecule has 0 saturated heterocycles. The van der Waals surface area contributed by atoms with Crippen LogP contribution in [0.15, 0.2) is 75.2 Å². The lowest BCUT2D eigenvalue weighted by molar-refractivity contribution is 0.873. The van der Waals surface area contributed by atoms with Crippen molar-refractivity contribution in [2.24, 2.45) is 0 Å². The van der Waals surface area contributed by atoms with Gasteiger partial charge < -0.3 is 0 Å². The number of benzene rings is 2. The normalized spacial score (nSPS) is 11.1. The summed E-state index contributed by atoms with van der Waals surface area (Å²) in [6.07, 6.45) is 0. The number of rotatable bonds is 3. The molecule has 0 unspecified atom stereocenters. The van der Waals surface area contributed by atoms with E-state index in [0.29, 0.717) is 5.65 Å². The van der Waals surface area contributed by atoms with Crippen LogP contribution in [-0.2, 0) is 0 Å². The Morgan fingerprint density at radius 3 is 2.36 bits per heavy atom. The second-order valence-corrected chi connectivity index (χ2v) is 7.09. The molecule has 1 N–H and O–H groups in total. The molecule has 0 radical (unpaired) electrons. The van der Waals surface area contributed by atoms with E-state index in [9.17, 15) is 4.79 Å². The van der Waals surface area contributed by atoms with Gasteiger partial charge in [-0.2, -0.15) is 0 Å². The maximum absolute atomic E-state index is 12.1. The van der Waals surface area contributed by atoms with Crippen molar-refractivity contribution >= 4 is 17.4 Å². The van der Waals surface area contributed by atoms with Gasteiger partial charge in [-0.3, -0.25) is 9.89 Å². The summed E-state index contributed by atoms with van der Waals surface area (Å²) in [5.41, 5.74) is 4.25. The van der Waals surface area contributed by atoms with E-state index in [1.807, 2.05) is 32.0 Å². The van der Waals surface area contributed by atoms with Crippen LogP contribution < -0.4 is 5.56 Å². The molecular formula is C20H17N3OS. The van der Waals surface area contributed by atoms with Gasteiger partial charge in [-0.25, -0.2) is 9.50 Å². The zero-order chi connectivity index (χ0) is 17.4. The summed E-state index contributed by atoms with van der Waals surface area (Å²) in [7, 11) is 0. The highest BCUT2D eigenvalue weighted by atomic mass is 32.2. The fourth-order valence-corrected chi connectivity index (χ4v) is 3.76. The molecular weight excluding hydrogens is 330 g/mol. The maximum atomic E-state index is 12.1. The van der Waals surface area contributed by atoms with Crippen LogP contribution >= 0.6 is 11.8 Å². The molecule has 0 atom stereocenters. The standard InChI is InChI=1S/C20H17N3OS/c1-13-12-18(24)23-20(21-13)19(14(2)22-23)15-8-10-17(11-9-15)25-16-6-4-3-5-7-16/h3-12,22H,1-2H3. The summed E-state index contributed by atoms with van der Waals surface area (Å²) >= 11 is 1.73. The van der Waals surface area contributed by atoms with E-state index in [2.05, 4.69) is 46.5 Å². The highest BCUT2D eigenvalue weighted by Crippen LogP contribution is 2.31. The molecule has 0 aliphatic heterocycles. The third-order valence-corrected chi connectivity index (χ3v) is 5.06. The predicted octanol–water partition coefficient (Wildman–Crippen LogP) is 4.46. The van der Waals surface area contributed by atoms with Gasteiger partial charge in [-0.15, -0.1) is 0 Å². The number of aromatic amines is 1. The number of aryl methyl sites for hydroxylation is 2. The number of hydrogen-bond acceptors (Lipinski definition) is 3. The number of fused-ring (bicyclic) bond motifs is 1. The number of nitrogens with one attached hydrogen (secondary N) is 1. The van der Waals surface area contributed by atoms with Gasteiger partial charge in [0, 0.05) is 32.8 Å². The van der Waals surface area contributed by atoms with Crippen LogP contribution in [0.25, 0.3) is 16.8 Å². The molecule has 0 spiro atoms. The molecule has 0 amide bonds. The van der Waals surface area contributed by atoms with Crippen molar-refractivity contribution in [3.05, 3.63) is 82.4 Å². The Morgan fingerprint density at radius 2 is 1.64 bits per heavy atom. The monoisotopic (exact) mass is 347 g/mol. The lowest BCUT2D eigenvalue weighted by Crippen LogP contribution is -2.14. The van der Waals surface area contributed by atoms with Crippen molar-refractivity contribution in [2.75, 3.05) is 0 Å². The molecule has 0 aliphatic rings. The Balaban J connectivity index is 1.74. The molecule has 0 fully saturated rings. The van der Waals surface area contributed by atoms with Crippen molar-refractivity contribution in [1.82, 2.24) is 14.6 Å². The van der Waals surface area contributed by atoms with E-state index in [1.165, 1.54) is 20.4 Å². The van der Waals surface area contributed by atoms with Gasteiger partial charge in [0.25, 0.3) is 5.56 Å². The molecule has 5 heteroatoms. The average Bonchev–Trinajstić information content (AvgIpc) is 2.93. The predicted molar refractivity (Wildman–Crippen MR) is 101 cm³/mol. The second-order valence-electron chi connectivity index (χ2n) is 5.95. The lowest BCUT2D eigenvalue weighted by atomic mass is 10.1. The minimum atomic E-state index is -0.0897. The molecule has 0 bridgehead atoms. The minimum absolute atomic E-state index is 0.0897. The SMILES string of the molecule is Cc1cc(=O)n2[nH]c(C)c(-c3ccc(Sc4ccccc4)cc3)c2n1. The van der Waals surface area contributed by atoms with Crippen molar-refractivity contribution in [3.8, 4) is 11.1 Å².